The summed E-state index contributed by atoms with van der Waals surface area (Å²) in [6.45, 7) is 4.04. The molecule has 2 N–H and O–H groups in total. The Morgan fingerprint density at radius 3 is 2.32 bits per heavy atom. The normalized spacial score (nSPS) is 37.3. The van der Waals surface area contributed by atoms with Crippen LogP contribution >= 0.6 is 0 Å². The molecule has 0 unspecified atom stereocenters. The number of carbonyl (C=O) groups is 3. The lowest BCUT2D eigenvalue weighted by atomic mass is 9.74. The summed E-state index contributed by atoms with van der Waals surface area (Å²) in [5.74, 6) is -1.72. The summed E-state index contributed by atoms with van der Waals surface area (Å²) < 4.78 is 6.32. The Labute approximate surface area is 183 Å². The second kappa shape index (κ2) is 8.08. The number of nitrogens with one attached hydrogen (secondary N) is 2. The summed E-state index contributed by atoms with van der Waals surface area (Å²) in [7, 11) is 0. The lowest BCUT2D eigenvalue weighted by molar-refractivity contribution is -0.141. The molecule has 2 saturated carbocycles. The van der Waals surface area contributed by atoms with E-state index < -0.39 is 29.6 Å². The van der Waals surface area contributed by atoms with E-state index in [1.165, 1.54) is 6.42 Å². The first-order chi connectivity index (χ1) is 15.0. The number of carbonyl (C=O) groups excluding carboxylic acids is 3. The molecule has 2 bridgehead atoms. The summed E-state index contributed by atoms with van der Waals surface area (Å²) in [6, 6.07) is -0.448. The van der Waals surface area contributed by atoms with Gasteiger partial charge in [-0.1, -0.05) is 50.3 Å². The lowest BCUT2D eigenvalue weighted by Gasteiger charge is -2.32. The monoisotopic (exact) mass is 427 g/mol. The van der Waals surface area contributed by atoms with Gasteiger partial charge in [0.2, 0.25) is 17.7 Å². The largest absolute Gasteiger partial charge is 0.359 e. The van der Waals surface area contributed by atoms with E-state index in [0.717, 1.165) is 51.4 Å². The van der Waals surface area contributed by atoms with Gasteiger partial charge in [0.05, 0.1) is 17.9 Å². The van der Waals surface area contributed by atoms with Crippen LogP contribution in [0, 0.1) is 11.8 Å². The second-order valence-corrected chi connectivity index (χ2v) is 9.81. The summed E-state index contributed by atoms with van der Waals surface area (Å²) in [4.78, 5) is 41.8. The first kappa shape index (κ1) is 20.7. The molecule has 5 atom stereocenters. The van der Waals surface area contributed by atoms with Crippen molar-refractivity contribution in [2.45, 2.75) is 87.6 Å². The van der Waals surface area contributed by atoms with Gasteiger partial charge < -0.3 is 20.3 Å². The highest BCUT2D eigenvalue weighted by molar-refractivity contribution is 6.00. The summed E-state index contributed by atoms with van der Waals surface area (Å²) in [5, 5.41) is 6.33. The Hall–Kier alpha value is -2.15. The molecular formula is C24H33N3O4. The fourth-order valence-corrected chi connectivity index (χ4v) is 6.50. The van der Waals surface area contributed by atoms with E-state index >= 15 is 0 Å². The van der Waals surface area contributed by atoms with Crippen molar-refractivity contribution in [3.63, 3.8) is 0 Å². The van der Waals surface area contributed by atoms with Crippen LogP contribution in [0.2, 0.25) is 0 Å². The molecule has 7 nitrogen and oxygen atoms in total. The Balaban J connectivity index is 1.40. The van der Waals surface area contributed by atoms with Gasteiger partial charge in [-0.25, -0.2) is 0 Å². The number of ether oxygens (including phenoxy) is 1. The standard InChI is InChI=1S/C24H33N3O4/c1-2-14-27-20(22(29)26-16-10-6-7-11-16)24-13-12-17(31-24)18(19(24)23(27)30)21(28)25-15-8-4-3-5-9-15/h2,12-13,15-20H,1,3-11,14H2,(H,25,28)(H,26,29)/t17-,18+,19+,20+,24+/m1/s1. The Bertz CT molecular complexity index is 799. The first-order valence-corrected chi connectivity index (χ1v) is 11.9. The van der Waals surface area contributed by atoms with Gasteiger partial charge >= 0.3 is 0 Å². The van der Waals surface area contributed by atoms with Crippen molar-refractivity contribution < 1.29 is 19.1 Å². The van der Waals surface area contributed by atoms with E-state index in [-0.39, 0.29) is 36.3 Å². The van der Waals surface area contributed by atoms with Crippen molar-refractivity contribution in [3.8, 4) is 0 Å². The number of hydrogen-bond donors (Lipinski definition) is 2. The Morgan fingerprint density at radius 1 is 1.06 bits per heavy atom. The van der Waals surface area contributed by atoms with Crippen molar-refractivity contribution >= 4 is 17.7 Å². The average molecular weight is 428 g/mol. The molecule has 3 heterocycles. The molecule has 3 aliphatic heterocycles. The van der Waals surface area contributed by atoms with Crippen LogP contribution in [0.5, 0.6) is 0 Å². The molecule has 0 radical (unpaired) electrons. The van der Waals surface area contributed by atoms with Crippen LogP contribution in [0.1, 0.15) is 57.8 Å². The van der Waals surface area contributed by atoms with E-state index in [1.54, 1.807) is 11.0 Å². The van der Waals surface area contributed by atoms with Crippen molar-refractivity contribution in [1.82, 2.24) is 15.5 Å². The van der Waals surface area contributed by atoms with Crippen molar-refractivity contribution in [2.24, 2.45) is 11.8 Å². The van der Waals surface area contributed by atoms with Crippen LogP contribution in [-0.2, 0) is 19.1 Å². The van der Waals surface area contributed by atoms with E-state index in [4.69, 9.17) is 4.74 Å². The van der Waals surface area contributed by atoms with Gasteiger partial charge in [-0.2, -0.15) is 0 Å². The highest BCUT2D eigenvalue weighted by atomic mass is 16.5. The van der Waals surface area contributed by atoms with Crippen LogP contribution in [0.25, 0.3) is 0 Å². The highest BCUT2D eigenvalue weighted by Crippen LogP contribution is 2.55. The predicted octanol–water partition coefficient (Wildman–Crippen LogP) is 1.83. The molecular weight excluding hydrogens is 394 g/mol. The van der Waals surface area contributed by atoms with Gasteiger partial charge in [0.15, 0.2) is 0 Å². The molecule has 2 aliphatic carbocycles. The third-order valence-electron chi connectivity index (χ3n) is 7.90. The molecule has 2 saturated heterocycles. The summed E-state index contributed by atoms with van der Waals surface area (Å²) in [6.07, 6.45) is 14.5. The van der Waals surface area contributed by atoms with Gasteiger partial charge in [0, 0.05) is 18.6 Å². The van der Waals surface area contributed by atoms with E-state index in [1.807, 2.05) is 12.2 Å². The minimum absolute atomic E-state index is 0.114. The number of fused-ring (bicyclic) bond motifs is 1. The maximum atomic E-state index is 13.5. The zero-order chi connectivity index (χ0) is 21.6. The van der Waals surface area contributed by atoms with Gasteiger partial charge in [0.25, 0.3) is 0 Å². The lowest BCUT2D eigenvalue weighted by Crippen LogP contribution is -2.56. The molecule has 7 heteroatoms. The topological polar surface area (TPSA) is 87.7 Å². The smallest absolute Gasteiger partial charge is 0.246 e. The number of amides is 3. The third-order valence-corrected chi connectivity index (χ3v) is 7.90. The molecule has 0 aromatic heterocycles. The molecule has 0 aromatic carbocycles. The minimum Gasteiger partial charge on any atom is -0.359 e. The van der Waals surface area contributed by atoms with E-state index in [9.17, 15) is 14.4 Å². The quantitative estimate of drug-likeness (QED) is 0.633. The molecule has 5 rings (SSSR count). The van der Waals surface area contributed by atoms with Crippen LogP contribution in [0.4, 0.5) is 0 Å². The highest BCUT2D eigenvalue weighted by Gasteiger charge is 2.72. The van der Waals surface area contributed by atoms with Gasteiger partial charge in [-0.15, -0.1) is 6.58 Å². The zero-order valence-electron chi connectivity index (χ0n) is 18.1. The van der Waals surface area contributed by atoms with E-state index in [0.29, 0.717) is 0 Å². The minimum atomic E-state index is -1.07. The van der Waals surface area contributed by atoms with Crippen LogP contribution in [0.15, 0.2) is 24.8 Å². The zero-order valence-corrected chi connectivity index (χ0v) is 18.1. The van der Waals surface area contributed by atoms with Crippen LogP contribution in [-0.4, -0.2) is 59.0 Å². The van der Waals surface area contributed by atoms with Crippen molar-refractivity contribution in [1.29, 1.82) is 0 Å². The van der Waals surface area contributed by atoms with Gasteiger partial charge in [-0.3, -0.25) is 14.4 Å². The summed E-state index contributed by atoms with van der Waals surface area (Å²) >= 11 is 0. The van der Waals surface area contributed by atoms with Crippen LogP contribution in [0.3, 0.4) is 0 Å². The fraction of sp³-hybridized carbons (Fsp3) is 0.708. The van der Waals surface area contributed by atoms with Crippen molar-refractivity contribution in [3.05, 3.63) is 24.8 Å². The maximum Gasteiger partial charge on any atom is 0.246 e. The molecule has 5 aliphatic rings. The SMILES string of the molecule is C=CCN1C(=O)[C@@H]2[C@@H](C(=O)NC3CCCCC3)[C@H]3C=C[C@@]2(O3)[C@@H]1C(=O)NC1CCCC1. The molecule has 1 spiro atoms. The number of nitrogens with zero attached hydrogens (tertiary/aromatic N) is 1. The third kappa shape index (κ3) is 3.32. The average Bonchev–Trinajstić information content (AvgIpc) is 3.52. The fourth-order valence-electron chi connectivity index (χ4n) is 6.50. The molecule has 3 amide bonds. The Morgan fingerprint density at radius 2 is 1.68 bits per heavy atom. The number of hydrogen-bond acceptors (Lipinski definition) is 4. The predicted molar refractivity (Wildman–Crippen MR) is 115 cm³/mol. The first-order valence-electron chi connectivity index (χ1n) is 11.9. The molecule has 4 fully saturated rings. The van der Waals surface area contributed by atoms with E-state index in [2.05, 4.69) is 17.2 Å². The van der Waals surface area contributed by atoms with Gasteiger partial charge in [0.1, 0.15) is 11.6 Å². The molecule has 31 heavy (non-hydrogen) atoms. The van der Waals surface area contributed by atoms with Crippen LogP contribution < -0.4 is 10.6 Å². The maximum absolute atomic E-state index is 13.5. The Kier molecular flexibility index (Phi) is 5.40. The van der Waals surface area contributed by atoms with Crippen molar-refractivity contribution in [2.75, 3.05) is 6.54 Å². The number of likely N-dealkylation sites (tertiary alicyclic amines) is 1. The molecule has 168 valence electrons. The van der Waals surface area contributed by atoms with Gasteiger partial charge in [-0.05, 0) is 25.7 Å². The number of rotatable bonds is 6. The second-order valence-electron chi connectivity index (χ2n) is 9.81. The molecule has 0 aromatic rings. The summed E-state index contributed by atoms with van der Waals surface area (Å²) in [5.41, 5.74) is -1.07.